The summed E-state index contributed by atoms with van der Waals surface area (Å²) in [4.78, 5) is 10.3. The molecule has 0 aliphatic carbocycles. The van der Waals surface area contributed by atoms with E-state index in [1.165, 1.54) is 5.56 Å². The molecule has 1 radical (unpaired) electrons. The first-order valence-electron chi connectivity index (χ1n) is 4.21. The molecular weight excluding hydrogens is 148 g/mol. The van der Waals surface area contributed by atoms with E-state index in [4.69, 9.17) is 0 Å². The first kappa shape index (κ1) is 8.98. The summed E-state index contributed by atoms with van der Waals surface area (Å²) in [5.74, 6) is 0. The summed E-state index contributed by atoms with van der Waals surface area (Å²) in [6, 6.07) is 7.29. The fraction of sp³-hybridized carbons (Fsp3) is 0.364. The molecule has 1 nitrogen and oxygen atoms in total. The van der Waals surface area contributed by atoms with Crippen LogP contribution >= 0.6 is 0 Å². The van der Waals surface area contributed by atoms with E-state index in [2.05, 4.69) is 13.0 Å². The molecule has 0 atom stereocenters. The standard InChI is InChI=1S/C11H13O/c1-3-10-6-9(2)7-11(8-10)4-5-12/h5,7-8H,3-4H2,1-2H3. The molecule has 1 aromatic carbocycles. The van der Waals surface area contributed by atoms with E-state index in [0.717, 1.165) is 23.8 Å². The van der Waals surface area contributed by atoms with Gasteiger partial charge < -0.3 is 4.79 Å². The molecule has 1 aromatic rings. The Morgan fingerprint density at radius 1 is 1.50 bits per heavy atom. The average Bonchev–Trinajstić information content (AvgIpc) is 2.04. The molecule has 0 aromatic heterocycles. The minimum atomic E-state index is 0.516. The number of hydrogen-bond acceptors (Lipinski definition) is 1. The van der Waals surface area contributed by atoms with Gasteiger partial charge in [-0.05, 0) is 36.1 Å². The van der Waals surface area contributed by atoms with Gasteiger partial charge in [0.2, 0.25) is 0 Å². The van der Waals surface area contributed by atoms with Crippen molar-refractivity contribution in [2.45, 2.75) is 26.7 Å². The number of carbonyl (C=O) groups is 1. The molecule has 0 spiro atoms. The van der Waals surface area contributed by atoms with Crippen molar-refractivity contribution in [3.05, 3.63) is 34.9 Å². The van der Waals surface area contributed by atoms with Crippen LogP contribution in [0.25, 0.3) is 0 Å². The largest absolute Gasteiger partial charge is 0.303 e. The summed E-state index contributed by atoms with van der Waals surface area (Å²) < 4.78 is 0. The smallest absolute Gasteiger partial charge is 0.124 e. The molecular formula is C11H13O. The number of benzene rings is 1. The Labute approximate surface area is 73.4 Å². The molecule has 0 amide bonds. The highest BCUT2D eigenvalue weighted by Gasteiger charge is 1.96. The molecule has 0 N–H and O–H groups in total. The van der Waals surface area contributed by atoms with Gasteiger partial charge in [-0.2, -0.15) is 0 Å². The van der Waals surface area contributed by atoms with Gasteiger partial charge in [0.15, 0.2) is 0 Å². The topological polar surface area (TPSA) is 17.1 Å². The molecule has 0 aliphatic rings. The molecule has 63 valence electrons. The minimum Gasteiger partial charge on any atom is -0.303 e. The molecule has 0 saturated carbocycles. The summed E-state index contributed by atoms with van der Waals surface area (Å²) in [7, 11) is 0. The third-order valence-corrected chi connectivity index (χ3v) is 1.82. The molecule has 0 unspecified atom stereocenters. The van der Waals surface area contributed by atoms with Crippen molar-refractivity contribution >= 4 is 6.29 Å². The maximum absolute atomic E-state index is 10.3. The number of carbonyl (C=O) groups excluding carboxylic acids is 1. The van der Waals surface area contributed by atoms with Crippen molar-refractivity contribution in [2.75, 3.05) is 0 Å². The van der Waals surface area contributed by atoms with Crippen LogP contribution < -0.4 is 0 Å². The van der Waals surface area contributed by atoms with Crippen LogP contribution in [0.15, 0.2) is 12.1 Å². The molecule has 12 heavy (non-hydrogen) atoms. The Morgan fingerprint density at radius 3 is 2.83 bits per heavy atom. The summed E-state index contributed by atoms with van der Waals surface area (Å²) in [6.07, 6.45) is 2.43. The highest BCUT2D eigenvalue weighted by molar-refractivity contribution is 5.55. The number of hydrogen-bond donors (Lipinski definition) is 0. The third kappa shape index (κ3) is 2.19. The van der Waals surface area contributed by atoms with Crippen LogP contribution in [0.2, 0.25) is 0 Å². The van der Waals surface area contributed by atoms with Crippen LogP contribution in [0.4, 0.5) is 0 Å². The lowest BCUT2D eigenvalue weighted by Crippen LogP contribution is -1.91. The first-order chi connectivity index (χ1) is 5.76. The third-order valence-electron chi connectivity index (χ3n) is 1.82. The van der Waals surface area contributed by atoms with E-state index in [0.29, 0.717) is 6.42 Å². The van der Waals surface area contributed by atoms with E-state index in [-0.39, 0.29) is 0 Å². The van der Waals surface area contributed by atoms with Gasteiger partial charge >= 0.3 is 0 Å². The Kier molecular flexibility index (Phi) is 3.03. The average molecular weight is 161 g/mol. The minimum absolute atomic E-state index is 0.516. The molecule has 0 aliphatic heterocycles. The Morgan fingerprint density at radius 2 is 2.25 bits per heavy atom. The van der Waals surface area contributed by atoms with Gasteiger partial charge in [-0.1, -0.05) is 19.1 Å². The van der Waals surface area contributed by atoms with Gasteiger partial charge in [0.25, 0.3) is 0 Å². The van der Waals surface area contributed by atoms with Crippen LogP contribution in [0.5, 0.6) is 0 Å². The summed E-state index contributed by atoms with van der Waals surface area (Å²) >= 11 is 0. The zero-order valence-corrected chi connectivity index (χ0v) is 7.55. The predicted molar refractivity (Wildman–Crippen MR) is 49.2 cm³/mol. The van der Waals surface area contributed by atoms with Crippen LogP contribution in [-0.2, 0) is 17.6 Å². The quantitative estimate of drug-likeness (QED) is 0.620. The van der Waals surface area contributed by atoms with Crippen molar-refractivity contribution in [1.82, 2.24) is 0 Å². The molecule has 1 rings (SSSR count). The van der Waals surface area contributed by atoms with E-state index in [1.807, 2.05) is 19.1 Å². The summed E-state index contributed by atoms with van der Waals surface area (Å²) in [5, 5.41) is 0. The van der Waals surface area contributed by atoms with Gasteiger partial charge in [-0.25, -0.2) is 0 Å². The lowest BCUT2D eigenvalue weighted by atomic mass is 10.0. The second-order valence-corrected chi connectivity index (χ2v) is 2.92. The van der Waals surface area contributed by atoms with E-state index in [1.54, 1.807) is 0 Å². The van der Waals surface area contributed by atoms with Crippen molar-refractivity contribution in [1.29, 1.82) is 0 Å². The van der Waals surface area contributed by atoms with Gasteiger partial charge in [0, 0.05) is 6.42 Å². The lowest BCUT2D eigenvalue weighted by molar-refractivity contribution is -0.107. The number of rotatable bonds is 3. The Bertz CT molecular complexity index is 276. The fourth-order valence-electron chi connectivity index (χ4n) is 1.27. The Balaban J connectivity index is 2.97. The zero-order valence-electron chi connectivity index (χ0n) is 7.55. The molecule has 1 heteroatoms. The van der Waals surface area contributed by atoms with Crippen molar-refractivity contribution in [3.8, 4) is 0 Å². The molecule has 0 bridgehead atoms. The highest BCUT2D eigenvalue weighted by atomic mass is 16.1. The SMILES string of the molecule is CCc1[c]c(C)cc(CC=O)c1. The van der Waals surface area contributed by atoms with E-state index in [9.17, 15) is 4.79 Å². The number of aryl methyl sites for hydroxylation is 2. The fourth-order valence-corrected chi connectivity index (χ4v) is 1.27. The van der Waals surface area contributed by atoms with Crippen LogP contribution in [-0.4, -0.2) is 6.29 Å². The zero-order chi connectivity index (χ0) is 8.97. The maximum atomic E-state index is 10.3. The maximum Gasteiger partial charge on any atom is 0.124 e. The van der Waals surface area contributed by atoms with Gasteiger partial charge in [-0.3, -0.25) is 0 Å². The second-order valence-electron chi connectivity index (χ2n) is 2.92. The van der Waals surface area contributed by atoms with Crippen molar-refractivity contribution < 1.29 is 4.79 Å². The van der Waals surface area contributed by atoms with Crippen molar-refractivity contribution in [2.24, 2.45) is 0 Å². The van der Waals surface area contributed by atoms with Gasteiger partial charge in [0.05, 0.1) is 0 Å². The normalized spacial score (nSPS) is 9.83. The summed E-state index contributed by atoms with van der Waals surface area (Å²) in [5.41, 5.74) is 3.40. The second kappa shape index (κ2) is 4.05. The van der Waals surface area contributed by atoms with Crippen LogP contribution in [0, 0.1) is 13.0 Å². The monoisotopic (exact) mass is 161 g/mol. The van der Waals surface area contributed by atoms with Gasteiger partial charge in [0.1, 0.15) is 6.29 Å². The van der Waals surface area contributed by atoms with Gasteiger partial charge in [-0.15, -0.1) is 0 Å². The highest BCUT2D eigenvalue weighted by Crippen LogP contribution is 2.09. The predicted octanol–water partition coefficient (Wildman–Crippen LogP) is 2.10. The first-order valence-corrected chi connectivity index (χ1v) is 4.21. The van der Waals surface area contributed by atoms with E-state index >= 15 is 0 Å². The molecule has 0 fully saturated rings. The molecule has 0 heterocycles. The van der Waals surface area contributed by atoms with Crippen molar-refractivity contribution in [3.63, 3.8) is 0 Å². The van der Waals surface area contributed by atoms with Crippen LogP contribution in [0.3, 0.4) is 0 Å². The van der Waals surface area contributed by atoms with Crippen LogP contribution in [0.1, 0.15) is 23.6 Å². The Hall–Kier alpha value is -1.11. The van der Waals surface area contributed by atoms with E-state index < -0.39 is 0 Å². The summed E-state index contributed by atoms with van der Waals surface area (Å²) in [6.45, 7) is 4.10. The molecule has 0 saturated heterocycles. The number of aldehydes is 1. The lowest BCUT2D eigenvalue weighted by Gasteiger charge is -2.01.